The summed E-state index contributed by atoms with van der Waals surface area (Å²) >= 11 is 0. The fourth-order valence-corrected chi connectivity index (χ4v) is 3.46. The fourth-order valence-electron chi connectivity index (χ4n) is 3.46. The number of carbonyl (C=O) groups excluding carboxylic acids is 1. The Morgan fingerprint density at radius 1 is 0.955 bits per heavy atom. The quantitative estimate of drug-likeness (QED) is 0.902. The molecule has 1 fully saturated rings. The molecule has 0 spiro atoms. The minimum Gasteiger partial charge on any atom is -0.302 e. The van der Waals surface area contributed by atoms with E-state index in [0.717, 1.165) is 12.8 Å². The van der Waals surface area contributed by atoms with Crippen LogP contribution in [0.15, 0.2) is 60.7 Å². The molecule has 2 nitrogen and oxygen atoms in total. The lowest BCUT2D eigenvalue weighted by molar-refractivity contribution is -0.127. The van der Waals surface area contributed by atoms with Crippen molar-refractivity contribution in [3.8, 4) is 0 Å². The van der Waals surface area contributed by atoms with Gasteiger partial charge in [-0.15, -0.1) is 0 Å². The number of rotatable bonds is 4. The monoisotopic (exact) mass is 293 g/mol. The van der Waals surface area contributed by atoms with Crippen molar-refractivity contribution < 1.29 is 4.79 Å². The Morgan fingerprint density at radius 2 is 1.55 bits per heavy atom. The van der Waals surface area contributed by atoms with Crippen molar-refractivity contribution in [2.45, 2.75) is 38.3 Å². The molecule has 1 aliphatic rings. The summed E-state index contributed by atoms with van der Waals surface area (Å²) < 4.78 is 0. The molecule has 22 heavy (non-hydrogen) atoms. The summed E-state index contributed by atoms with van der Waals surface area (Å²) in [6, 6.07) is 20.9. The van der Waals surface area contributed by atoms with Crippen molar-refractivity contribution in [2.75, 3.05) is 0 Å². The topological polar surface area (TPSA) is 29.1 Å². The molecule has 0 saturated carbocycles. The standard InChI is InChI=1S/C20H23NO/c1-2-9-17-19(22)14-18(15-10-5-3-6-11-15)21-20(17)16-12-7-4-8-13-16/h3-8,10-13,17-18,20-21H,2,9,14H2,1H3/t17-,18-,20+/m1/s1. The number of ketones is 1. The Bertz CT molecular complexity index is 608. The van der Waals surface area contributed by atoms with Crippen molar-refractivity contribution in [3.05, 3.63) is 71.8 Å². The van der Waals surface area contributed by atoms with Crippen molar-refractivity contribution in [1.29, 1.82) is 0 Å². The highest BCUT2D eigenvalue weighted by Crippen LogP contribution is 2.36. The minimum atomic E-state index is 0.0902. The summed E-state index contributed by atoms with van der Waals surface area (Å²) in [6.07, 6.45) is 2.59. The first-order chi connectivity index (χ1) is 10.8. The molecule has 2 aromatic rings. The Kier molecular flexibility index (Phi) is 4.69. The Hall–Kier alpha value is -1.93. The summed E-state index contributed by atoms with van der Waals surface area (Å²) in [7, 11) is 0. The van der Waals surface area contributed by atoms with Gasteiger partial charge in [-0.05, 0) is 17.5 Å². The molecule has 0 bridgehead atoms. The van der Waals surface area contributed by atoms with Gasteiger partial charge < -0.3 is 5.32 Å². The third-order valence-corrected chi connectivity index (χ3v) is 4.56. The number of hydrogen-bond donors (Lipinski definition) is 1. The van der Waals surface area contributed by atoms with Gasteiger partial charge in [-0.1, -0.05) is 74.0 Å². The zero-order valence-electron chi connectivity index (χ0n) is 13.0. The summed E-state index contributed by atoms with van der Waals surface area (Å²) in [5.74, 6) is 0.482. The summed E-state index contributed by atoms with van der Waals surface area (Å²) in [5, 5.41) is 3.73. The van der Waals surface area contributed by atoms with Gasteiger partial charge in [-0.2, -0.15) is 0 Å². The third kappa shape index (κ3) is 3.12. The van der Waals surface area contributed by atoms with Crippen LogP contribution in [-0.2, 0) is 4.79 Å². The molecule has 2 heteroatoms. The molecule has 0 amide bonds. The number of hydrogen-bond acceptors (Lipinski definition) is 2. The molecule has 1 aliphatic heterocycles. The Balaban J connectivity index is 1.90. The van der Waals surface area contributed by atoms with Crippen LogP contribution in [0.4, 0.5) is 0 Å². The van der Waals surface area contributed by atoms with Crippen molar-refractivity contribution in [2.24, 2.45) is 5.92 Å². The van der Waals surface area contributed by atoms with Gasteiger partial charge in [0.05, 0.1) is 0 Å². The lowest BCUT2D eigenvalue weighted by Crippen LogP contribution is -2.42. The SMILES string of the molecule is CCC[C@@H]1C(=O)C[C@H](c2ccccc2)N[C@H]1c1ccccc1. The molecule has 1 saturated heterocycles. The first kappa shape index (κ1) is 15.0. The van der Waals surface area contributed by atoms with Crippen LogP contribution in [0.3, 0.4) is 0 Å². The molecule has 3 rings (SSSR count). The van der Waals surface area contributed by atoms with E-state index in [2.05, 4.69) is 48.6 Å². The van der Waals surface area contributed by atoms with E-state index in [0.29, 0.717) is 12.2 Å². The van der Waals surface area contributed by atoms with Crippen LogP contribution < -0.4 is 5.32 Å². The van der Waals surface area contributed by atoms with Crippen LogP contribution >= 0.6 is 0 Å². The highest BCUT2D eigenvalue weighted by atomic mass is 16.1. The number of Topliss-reactive ketones (excluding diaryl/α,β-unsaturated/α-hetero) is 1. The maximum atomic E-state index is 12.7. The van der Waals surface area contributed by atoms with Gasteiger partial charge in [0, 0.05) is 24.4 Å². The van der Waals surface area contributed by atoms with Gasteiger partial charge in [-0.25, -0.2) is 0 Å². The molecule has 3 atom stereocenters. The van der Waals surface area contributed by atoms with Gasteiger partial charge >= 0.3 is 0 Å². The maximum absolute atomic E-state index is 12.7. The normalized spacial score (nSPS) is 25.1. The van der Waals surface area contributed by atoms with Crippen LogP contribution in [0.1, 0.15) is 49.4 Å². The molecule has 0 radical (unpaired) electrons. The van der Waals surface area contributed by atoms with E-state index in [1.165, 1.54) is 11.1 Å². The predicted molar refractivity (Wildman–Crippen MR) is 89.5 cm³/mol. The second kappa shape index (κ2) is 6.89. The highest BCUT2D eigenvalue weighted by Gasteiger charge is 2.36. The molecule has 2 aromatic carbocycles. The van der Waals surface area contributed by atoms with E-state index in [1.807, 2.05) is 24.3 Å². The molecular weight excluding hydrogens is 270 g/mol. The van der Waals surface area contributed by atoms with Gasteiger partial charge in [0.25, 0.3) is 0 Å². The number of piperidine rings is 1. The zero-order valence-corrected chi connectivity index (χ0v) is 13.0. The highest BCUT2D eigenvalue weighted by molar-refractivity contribution is 5.83. The lowest BCUT2D eigenvalue weighted by Gasteiger charge is -2.37. The van der Waals surface area contributed by atoms with Crippen LogP contribution in [0, 0.1) is 5.92 Å². The van der Waals surface area contributed by atoms with Crippen molar-refractivity contribution in [1.82, 2.24) is 5.32 Å². The largest absolute Gasteiger partial charge is 0.302 e. The Morgan fingerprint density at radius 3 is 2.14 bits per heavy atom. The van der Waals surface area contributed by atoms with Crippen LogP contribution in [0.25, 0.3) is 0 Å². The zero-order chi connectivity index (χ0) is 15.4. The molecule has 0 unspecified atom stereocenters. The number of benzene rings is 2. The number of nitrogens with one attached hydrogen (secondary N) is 1. The van der Waals surface area contributed by atoms with Gasteiger partial charge in [0.1, 0.15) is 5.78 Å². The third-order valence-electron chi connectivity index (χ3n) is 4.56. The first-order valence-corrected chi connectivity index (χ1v) is 8.18. The van der Waals surface area contributed by atoms with Gasteiger partial charge in [0.2, 0.25) is 0 Å². The molecule has 1 heterocycles. The first-order valence-electron chi connectivity index (χ1n) is 8.18. The van der Waals surface area contributed by atoms with Crippen LogP contribution in [0.5, 0.6) is 0 Å². The fraction of sp³-hybridized carbons (Fsp3) is 0.350. The smallest absolute Gasteiger partial charge is 0.139 e. The lowest BCUT2D eigenvalue weighted by atomic mass is 9.79. The second-order valence-electron chi connectivity index (χ2n) is 6.08. The van der Waals surface area contributed by atoms with Crippen molar-refractivity contribution in [3.63, 3.8) is 0 Å². The van der Waals surface area contributed by atoms with Gasteiger partial charge in [-0.3, -0.25) is 4.79 Å². The van der Waals surface area contributed by atoms with E-state index in [9.17, 15) is 4.79 Å². The van der Waals surface area contributed by atoms with Crippen LogP contribution in [0.2, 0.25) is 0 Å². The minimum absolute atomic E-state index is 0.0902. The summed E-state index contributed by atoms with van der Waals surface area (Å²) in [5.41, 5.74) is 2.42. The number of carbonyl (C=O) groups is 1. The van der Waals surface area contributed by atoms with E-state index >= 15 is 0 Å². The molecule has 0 aliphatic carbocycles. The van der Waals surface area contributed by atoms with Crippen LogP contribution in [-0.4, -0.2) is 5.78 Å². The average Bonchev–Trinajstić information content (AvgIpc) is 2.58. The summed E-state index contributed by atoms with van der Waals surface area (Å²) in [4.78, 5) is 12.7. The average molecular weight is 293 g/mol. The van der Waals surface area contributed by atoms with E-state index < -0.39 is 0 Å². The van der Waals surface area contributed by atoms with E-state index in [1.54, 1.807) is 0 Å². The second-order valence-corrected chi connectivity index (χ2v) is 6.08. The van der Waals surface area contributed by atoms with E-state index in [-0.39, 0.29) is 18.0 Å². The Labute approximate surface area is 132 Å². The maximum Gasteiger partial charge on any atom is 0.139 e. The molecule has 114 valence electrons. The molecule has 0 aromatic heterocycles. The van der Waals surface area contributed by atoms with Gasteiger partial charge in [0.15, 0.2) is 0 Å². The molecular formula is C20H23NO. The molecule has 1 N–H and O–H groups in total. The van der Waals surface area contributed by atoms with E-state index in [4.69, 9.17) is 0 Å². The summed E-state index contributed by atoms with van der Waals surface area (Å²) in [6.45, 7) is 2.15. The van der Waals surface area contributed by atoms with Crippen molar-refractivity contribution >= 4 is 5.78 Å². The predicted octanol–water partition coefficient (Wildman–Crippen LogP) is 4.45.